The smallest absolute Gasteiger partial charge is 0.247 e. The van der Waals surface area contributed by atoms with Gasteiger partial charge in [-0.15, -0.1) is 11.8 Å². The Morgan fingerprint density at radius 3 is 2.20 bits per heavy atom. The molecule has 1 aliphatic rings. The molecule has 1 heterocycles. The molecule has 3 amide bonds. The number of carbonyl (C=O) groups is 3. The molecule has 1 atom stereocenters. The number of anilines is 2. The molecule has 1 saturated heterocycles. The number of carbonyl (C=O) groups excluding carboxylic acids is 3. The van der Waals surface area contributed by atoms with Crippen LogP contribution in [0.3, 0.4) is 0 Å². The normalized spacial score (nSPS) is 16.0. The van der Waals surface area contributed by atoms with Crippen LogP contribution in [0.2, 0.25) is 0 Å². The molecular formula is C24H20N2O3S. The van der Waals surface area contributed by atoms with Crippen molar-refractivity contribution in [2.75, 3.05) is 10.2 Å². The minimum atomic E-state index is -0.448. The first-order valence-corrected chi connectivity index (χ1v) is 10.5. The van der Waals surface area contributed by atoms with Gasteiger partial charge in [0.15, 0.2) is 0 Å². The van der Waals surface area contributed by atoms with E-state index in [1.807, 2.05) is 48.5 Å². The fourth-order valence-corrected chi connectivity index (χ4v) is 4.37. The summed E-state index contributed by atoms with van der Waals surface area (Å²) in [6, 6.07) is 25.9. The Morgan fingerprint density at radius 2 is 1.53 bits per heavy atom. The second kappa shape index (κ2) is 8.97. The zero-order chi connectivity index (χ0) is 20.9. The summed E-state index contributed by atoms with van der Waals surface area (Å²) in [6.45, 7) is 0. The summed E-state index contributed by atoms with van der Waals surface area (Å²) in [5.41, 5.74) is 2.25. The molecule has 0 spiro atoms. The van der Waals surface area contributed by atoms with Crippen molar-refractivity contribution in [3.05, 3.63) is 90.5 Å². The van der Waals surface area contributed by atoms with E-state index < -0.39 is 5.25 Å². The van der Waals surface area contributed by atoms with Gasteiger partial charge in [0.25, 0.3) is 0 Å². The number of imide groups is 1. The Bertz CT molecular complexity index is 1050. The molecule has 0 saturated carbocycles. The van der Waals surface area contributed by atoms with Gasteiger partial charge < -0.3 is 5.32 Å². The zero-order valence-corrected chi connectivity index (χ0v) is 17.0. The van der Waals surface area contributed by atoms with E-state index >= 15 is 0 Å². The standard InChI is InChI=1S/C24H20N2O3S/c27-22(15-17-7-3-1-4-8-17)25-18-11-13-20(14-12-18)30-21-16-23(28)26(24(21)29)19-9-5-2-6-10-19/h1-14,21H,15-16H2,(H,25,27). The number of nitrogens with zero attached hydrogens (tertiary/aromatic N) is 1. The van der Waals surface area contributed by atoms with Gasteiger partial charge in [-0.3, -0.25) is 14.4 Å². The third-order valence-corrected chi connectivity index (χ3v) is 5.94. The Balaban J connectivity index is 1.36. The van der Waals surface area contributed by atoms with Crippen LogP contribution < -0.4 is 10.2 Å². The highest BCUT2D eigenvalue weighted by Gasteiger charge is 2.40. The van der Waals surface area contributed by atoms with E-state index in [1.54, 1.807) is 36.4 Å². The van der Waals surface area contributed by atoms with Crippen LogP contribution in [0.5, 0.6) is 0 Å². The molecule has 3 aromatic carbocycles. The maximum Gasteiger partial charge on any atom is 0.247 e. The quantitative estimate of drug-likeness (QED) is 0.609. The highest BCUT2D eigenvalue weighted by Crippen LogP contribution is 2.34. The lowest BCUT2D eigenvalue weighted by Gasteiger charge is -2.14. The molecule has 0 aromatic heterocycles. The lowest BCUT2D eigenvalue weighted by molar-refractivity contribution is -0.121. The second-order valence-corrected chi connectivity index (χ2v) is 8.22. The fourth-order valence-electron chi connectivity index (χ4n) is 3.31. The molecule has 5 nitrogen and oxygen atoms in total. The number of para-hydroxylation sites is 1. The van der Waals surface area contributed by atoms with Crippen molar-refractivity contribution in [2.45, 2.75) is 23.0 Å². The van der Waals surface area contributed by atoms with E-state index in [-0.39, 0.29) is 24.1 Å². The Kier molecular flexibility index (Phi) is 5.95. The summed E-state index contributed by atoms with van der Waals surface area (Å²) in [7, 11) is 0. The molecule has 3 aromatic rings. The highest BCUT2D eigenvalue weighted by molar-refractivity contribution is 8.00. The SMILES string of the molecule is O=C(Cc1ccccc1)Nc1ccc(SC2CC(=O)N(c3ccccc3)C2=O)cc1. The van der Waals surface area contributed by atoms with Gasteiger partial charge in [0.1, 0.15) is 0 Å². The van der Waals surface area contributed by atoms with Crippen LogP contribution in [-0.4, -0.2) is 23.0 Å². The van der Waals surface area contributed by atoms with Gasteiger partial charge in [-0.25, -0.2) is 4.90 Å². The molecule has 6 heteroatoms. The van der Waals surface area contributed by atoms with Crippen LogP contribution in [0.15, 0.2) is 89.8 Å². The molecule has 150 valence electrons. The first-order valence-electron chi connectivity index (χ1n) is 9.62. The summed E-state index contributed by atoms with van der Waals surface area (Å²) in [4.78, 5) is 39.4. The second-order valence-electron chi connectivity index (χ2n) is 6.95. The maximum absolute atomic E-state index is 12.7. The average molecular weight is 417 g/mol. The van der Waals surface area contributed by atoms with Crippen molar-refractivity contribution in [3.63, 3.8) is 0 Å². The first kappa shape index (κ1) is 19.9. The molecule has 1 aliphatic heterocycles. The van der Waals surface area contributed by atoms with Crippen LogP contribution in [0, 0.1) is 0 Å². The monoisotopic (exact) mass is 416 g/mol. The largest absolute Gasteiger partial charge is 0.326 e. The number of rotatable bonds is 6. The maximum atomic E-state index is 12.7. The van der Waals surface area contributed by atoms with Gasteiger partial charge >= 0.3 is 0 Å². The third kappa shape index (κ3) is 4.60. The van der Waals surface area contributed by atoms with Gasteiger partial charge in [0, 0.05) is 17.0 Å². The van der Waals surface area contributed by atoms with Crippen LogP contribution in [-0.2, 0) is 20.8 Å². The lowest BCUT2D eigenvalue weighted by atomic mass is 10.1. The Morgan fingerprint density at radius 1 is 0.900 bits per heavy atom. The summed E-state index contributed by atoms with van der Waals surface area (Å²) in [5.74, 6) is -0.471. The minimum Gasteiger partial charge on any atom is -0.326 e. The number of hydrogen-bond donors (Lipinski definition) is 1. The molecule has 1 N–H and O–H groups in total. The minimum absolute atomic E-state index is 0.0864. The predicted octanol–water partition coefficient (Wildman–Crippen LogP) is 4.29. The third-order valence-electron chi connectivity index (χ3n) is 4.74. The number of thioether (sulfide) groups is 1. The van der Waals surface area contributed by atoms with E-state index in [4.69, 9.17) is 0 Å². The molecule has 0 radical (unpaired) electrons. The lowest BCUT2D eigenvalue weighted by Crippen LogP contribution is -2.30. The van der Waals surface area contributed by atoms with Gasteiger partial charge in [-0.05, 0) is 42.0 Å². The first-order chi connectivity index (χ1) is 14.6. The molecule has 1 unspecified atom stereocenters. The van der Waals surface area contributed by atoms with Gasteiger partial charge in [0.05, 0.1) is 17.4 Å². The van der Waals surface area contributed by atoms with E-state index in [1.165, 1.54) is 16.7 Å². The molecular weight excluding hydrogens is 396 g/mol. The summed E-state index contributed by atoms with van der Waals surface area (Å²) < 4.78 is 0. The van der Waals surface area contributed by atoms with Gasteiger partial charge in [-0.2, -0.15) is 0 Å². The molecule has 0 bridgehead atoms. The van der Waals surface area contributed by atoms with Gasteiger partial charge in [0.2, 0.25) is 17.7 Å². The average Bonchev–Trinajstić information content (AvgIpc) is 3.03. The van der Waals surface area contributed by atoms with Crippen LogP contribution in [0.25, 0.3) is 0 Å². The van der Waals surface area contributed by atoms with Gasteiger partial charge in [-0.1, -0.05) is 48.5 Å². The predicted molar refractivity (Wildman–Crippen MR) is 118 cm³/mol. The van der Waals surface area contributed by atoms with Crippen LogP contribution in [0.1, 0.15) is 12.0 Å². The summed E-state index contributed by atoms with van der Waals surface area (Å²) in [5, 5.41) is 2.43. The Hall–Kier alpha value is -3.38. The number of amides is 3. The van der Waals surface area contributed by atoms with Crippen molar-refractivity contribution in [1.29, 1.82) is 0 Å². The molecule has 4 rings (SSSR count). The van der Waals surface area contributed by atoms with E-state index in [2.05, 4.69) is 5.32 Å². The molecule has 0 aliphatic carbocycles. The van der Waals surface area contributed by atoms with E-state index in [9.17, 15) is 14.4 Å². The summed E-state index contributed by atoms with van der Waals surface area (Å²) in [6.07, 6.45) is 0.485. The van der Waals surface area contributed by atoms with Crippen molar-refractivity contribution < 1.29 is 14.4 Å². The van der Waals surface area contributed by atoms with E-state index in [0.717, 1.165) is 10.5 Å². The molecule has 1 fully saturated rings. The Labute approximate surface area is 179 Å². The van der Waals surface area contributed by atoms with Crippen LogP contribution >= 0.6 is 11.8 Å². The van der Waals surface area contributed by atoms with E-state index in [0.29, 0.717) is 17.8 Å². The zero-order valence-electron chi connectivity index (χ0n) is 16.2. The van der Waals surface area contributed by atoms with Crippen molar-refractivity contribution in [3.8, 4) is 0 Å². The fraction of sp³-hybridized carbons (Fsp3) is 0.125. The number of nitrogens with one attached hydrogen (secondary N) is 1. The molecule has 30 heavy (non-hydrogen) atoms. The highest BCUT2D eigenvalue weighted by atomic mass is 32.2. The topological polar surface area (TPSA) is 66.5 Å². The number of hydrogen-bond acceptors (Lipinski definition) is 4. The van der Waals surface area contributed by atoms with Crippen molar-refractivity contribution in [1.82, 2.24) is 0 Å². The summed E-state index contributed by atoms with van der Waals surface area (Å²) >= 11 is 1.37. The van der Waals surface area contributed by atoms with Crippen molar-refractivity contribution in [2.24, 2.45) is 0 Å². The number of benzene rings is 3. The van der Waals surface area contributed by atoms with Crippen molar-refractivity contribution >= 4 is 40.9 Å². The van der Waals surface area contributed by atoms with Crippen LogP contribution in [0.4, 0.5) is 11.4 Å².